The number of carbonyl (C=O) groups excluding carboxylic acids is 2. The summed E-state index contributed by atoms with van der Waals surface area (Å²) in [6.45, 7) is 1.63. The van der Waals surface area contributed by atoms with Crippen molar-refractivity contribution in [3.05, 3.63) is 58.7 Å². The fourth-order valence-electron chi connectivity index (χ4n) is 2.29. The standard InChI is InChI=1S/C18H15NO6/c1-10-14(17(20)23-3)8-13(24-10)9-15-18(21)25-16(19-15)11-4-6-12(22-2)7-5-11/h4-9H,1-3H3/b15-9-. The Morgan fingerprint density at radius 2 is 1.92 bits per heavy atom. The molecule has 0 N–H and O–H groups in total. The number of ether oxygens (including phenoxy) is 3. The molecular weight excluding hydrogens is 326 g/mol. The monoisotopic (exact) mass is 341 g/mol. The van der Waals surface area contributed by atoms with Gasteiger partial charge in [-0.25, -0.2) is 14.6 Å². The summed E-state index contributed by atoms with van der Waals surface area (Å²) >= 11 is 0. The fourth-order valence-corrected chi connectivity index (χ4v) is 2.29. The Hall–Kier alpha value is -3.35. The van der Waals surface area contributed by atoms with E-state index in [1.807, 2.05) is 0 Å². The third-order valence-corrected chi connectivity index (χ3v) is 3.58. The van der Waals surface area contributed by atoms with Crippen LogP contribution in [0.15, 0.2) is 45.4 Å². The van der Waals surface area contributed by atoms with Gasteiger partial charge in [0.05, 0.1) is 14.2 Å². The maximum Gasteiger partial charge on any atom is 0.363 e. The number of esters is 2. The third-order valence-electron chi connectivity index (χ3n) is 3.58. The highest BCUT2D eigenvalue weighted by Gasteiger charge is 2.25. The second-order valence-electron chi connectivity index (χ2n) is 5.17. The number of nitrogens with zero attached hydrogens (tertiary/aromatic N) is 1. The van der Waals surface area contributed by atoms with Crippen molar-refractivity contribution in [3.63, 3.8) is 0 Å². The van der Waals surface area contributed by atoms with Crippen LogP contribution in [0.5, 0.6) is 5.75 Å². The van der Waals surface area contributed by atoms with E-state index in [-0.39, 0.29) is 11.6 Å². The summed E-state index contributed by atoms with van der Waals surface area (Å²) in [5, 5.41) is 0. The maximum atomic E-state index is 12.0. The number of furan rings is 1. The molecule has 0 spiro atoms. The van der Waals surface area contributed by atoms with Crippen molar-refractivity contribution in [1.82, 2.24) is 0 Å². The van der Waals surface area contributed by atoms with E-state index in [2.05, 4.69) is 9.73 Å². The van der Waals surface area contributed by atoms with Crippen molar-refractivity contribution in [2.24, 2.45) is 4.99 Å². The van der Waals surface area contributed by atoms with Crippen LogP contribution in [0.4, 0.5) is 0 Å². The van der Waals surface area contributed by atoms with E-state index in [9.17, 15) is 9.59 Å². The van der Waals surface area contributed by atoms with Crippen LogP contribution >= 0.6 is 0 Å². The van der Waals surface area contributed by atoms with Crippen molar-refractivity contribution in [2.45, 2.75) is 6.92 Å². The SMILES string of the molecule is COC(=O)c1cc(/C=C2\N=C(c3ccc(OC)cc3)OC2=O)oc1C. The molecule has 0 fully saturated rings. The van der Waals surface area contributed by atoms with Gasteiger partial charge in [0.15, 0.2) is 5.70 Å². The first-order valence-corrected chi connectivity index (χ1v) is 7.37. The number of carbonyl (C=O) groups is 2. The minimum Gasteiger partial charge on any atom is -0.497 e. The van der Waals surface area contributed by atoms with E-state index in [0.717, 1.165) is 0 Å². The molecule has 1 aliphatic heterocycles. The molecule has 3 rings (SSSR count). The summed E-state index contributed by atoms with van der Waals surface area (Å²) in [7, 11) is 2.85. The quantitative estimate of drug-likeness (QED) is 0.628. The van der Waals surface area contributed by atoms with Gasteiger partial charge < -0.3 is 18.6 Å². The second kappa shape index (κ2) is 6.64. The molecule has 2 heterocycles. The lowest BCUT2D eigenvalue weighted by Gasteiger charge is -2.01. The molecule has 1 aliphatic rings. The van der Waals surface area contributed by atoms with E-state index in [1.165, 1.54) is 19.3 Å². The van der Waals surface area contributed by atoms with Crippen molar-refractivity contribution < 1.29 is 28.2 Å². The molecule has 1 aromatic heterocycles. The first kappa shape index (κ1) is 16.5. The summed E-state index contributed by atoms with van der Waals surface area (Å²) in [4.78, 5) is 27.8. The molecule has 7 nitrogen and oxygen atoms in total. The molecule has 0 aliphatic carbocycles. The average molecular weight is 341 g/mol. The summed E-state index contributed by atoms with van der Waals surface area (Å²) in [6.07, 6.45) is 1.41. The van der Waals surface area contributed by atoms with Crippen LogP contribution in [0.2, 0.25) is 0 Å². The van der Waals surface area contributed by atoms with Gasteiger partial charge in [-0.1, -0.05) is 0 Å². The van der Waals surface area contributed by atoms with E-state index in [4.69, 9.17) is 13.9 Å². The highest BCUT2D eigenvalue weighted by molar-refractivity contribution is 6.12. The van der Waals surface area contributed by atoms with Gasteiger partial charge in [-0.2, -0.15) is 0 Å². The Morgan fingerprint density at radius 3 is 2.56 bits per heavy atom. The predicted octanol–water partition coefficient (Wildman–Crippen LogP) is 2.73. The van der Waals surface area contributed by atoms with Crippen LogP contribution in [0.1, 0.15) is 27.4 Å². The zero-order valence-corrected chi connectivity index (χ0v) is 13.9. The van der Waals surface area contributed by atoms with Crippen molar-refractivity contribution in [1.29, 1.82) is 0 Å². The molecule has 0 saturated heterocycles. The number of aliphatic imine (C=N–C) groups is 1. The van der Waals surface area contributed by atoms with Gasteiger partial charge in [0.2, 0.25) is 5.90 Å². The summed E-state index contributed by atoms with van der Waals surface area (Å²) in [6, 6.07) is 8.45. The zero-order valence-electron chi connectivity index (χ0n) is 13.9. The van der Waals surface area contributed by atoms with E-state index < -0.39 is 11.9 Å². The summed E-state index contributed by atoms with van der Waals surface area (Å²) in [5.41, 5.74) is 1.01. The zero-order chi connectivity index (χ0) is 18.0. The predicted molar refractivity (Wildman–Crippen MR) is 88.4 cm³/mol. The highest BCUT2D eigenvalue weighted by atomic mass is 16.6. The fraction of sp³-hybridized carbons (Fsp3) is 0.167. The van der Waals surface area contributed by atoms with Crippen LogP contribution in [0, 0.1) is 6.92 Å². The molecule has 0 bridgehead atoms. The van der Waals surface area contributed by atoms with Crippen molar-refractivity contribution in [2.75, 3.05) is 14.2 Å². The van der Waals surface area contributed by atoms with Crippen LogP contribution in [0.25, 0.3) is 6.08 Å². The Labute approximate surface area is 143 Å². The molecule has 0 unspecified atom stereocenters. The normalized spacial score (nSPS) is 15.1. The average Bonchev–Trinajstić information content (AvgIpc) is 3.17. The second-order valence-corrected chi connectivity index (χ2v) is 5.17. The number of hydrogen-bond acceptors (Lipinski definition) is 7. The van der Waals surface area contributed by atoms with Crippen LogP contribution < -0.4 is 4.74 Å². The smallest absolute Gasteiger partial charge is 0.363 e. The number of hydrogen-bond donors (Lipinski definition) is 0. The lowest BCUT2D eigenvalue weighted by molar-refractivity contribution is -0.129. The van der Waals surface area contributed by atoms with Gasteiger partial charge in [-0.15, -0.1) is 0 Å². The molecule has 7 heteroatoms. The number of methoxy groups -OCH3 is 2. The minimum absolute atomic E-state index is 0.0796. The lowest BCUT2D eigenvalue weighted by Crippen LogP contribution is -2.05. The van der Waals surface area contributed by atoms with Crippen LogP contribution in [-0.2, 0) is 14.3 Å². The molecular formula is C18H15NO6. The van der Waals surface area contributed by atoms with Crippen LogP contribution in [0.3, 0.4) is 0 Å². The van der Waals surface area contributed by atoms with Crippen molar-refractivity contribution in [3.8, 4) is 5.75 Å². The Morgan fingerprint density at radius 1 is 1.20 bits per heavy atom. The minimum atomic E-state index is -0.598. The maximum absolute atomic E-state index is 12.0. The Bertz CT molecular complexity index is 889. The molecule has 0 atom stereocenters. The molecule has 128 valence electrons. The van der Waals surface area contributed by atoms with Gasteiger partial charge in [-0.3, -0.25) is 0 Å². The molecule has 0 saturated carbocycles. The first-order valence-electron chi connectivity index (χ1n) is 7.37. The number of aryl methyl sites for hydroxylation is 1. The number of cyclic esters (lactones) is 1. The van der Waals surface area contributed by atoms with Crippen molar-refractivity contribution >= 4 is 23.9 Å². The van der Waals surface area contributed by atoms with Gasteiger partial charge in [-0.05, 0) is 37.3 Å². The van der Waals surface area contributed by atoms with Gasteiger partial charge in [0.25, 0.3) is 0 Å². The summed E-state index contributed by atoms with van der Waals surface area (Å²) in [5.74, 6) is 0.469. The van der Waals surface area contributed by atoms with E-state index in [0.29, 0.717) is 28.4 Å². The molecule has 2 aromatic rings. The van der Waals surface area contributed by atoms with E-state index in [1.54, 1.807) is 38.3 Å². The van der Waals surface area contributed by atoms with Gasteiger partial charge >= 0.3 is 11.9 Å². The van der Waals surface area contributed by atoms with Gasteiger partial charge in [0.1, 0.15) is 22.8 Å². The topological polar surface area (TPSA) is 87.3 Å². The summed E-state index contributed by atoms with van der Waals surface area (Å²) < 4.78 is 20.4. The largest absolute Gasteiger partial charge is 0.497 e. The third kappa shape index (κ3) is 3.30. The van der Waals surface area contributed by atoms with E-state index >= 15 is 0 Å². The highest BCUT2D eigenvalue weighted by Crippen LogP contribution is 2.23. The lowest BCUT2D eigenvalue weighted by atomic mass is 10.2. The Kier molecular flexibility index (Phi) is 4.38. The van der Waals surface area contributed by atoms with Gasteiger partial charge in [0, 0.05) is 11.6 Å². The first-order chi connectivity index (χ1) is 12.0. The Balaban J connectivity index is 1.89. The molecule has 1 aromatic carbocycles. The molecule has 25 heavy (non-hydrogen) atoms. The molecule has 0 amide bonds. The number of benzene rings is 1. The number of rotatable bonds is 4. The molecule has 0 radical (unpaired) electrons. The van der Waals surface area contributed by atoms with Crippen LogP contribution in [-0.4, -0.2) is 32.1 Å².